The van der Waals surface area contributed by atoms with Gasteiger partial charge in [-0.05, 0) is 31.8 Å². The normalized spacial score (nSPS) is 14.5. The number of amides is 2. The van der Waals surface area contributed by atoms with Gasteiger partial charge >= 0.3 is 0 Å². The van der Waals surface area contributed by atoms with E-state index in [4.69, 9.17) is 4.74 Å². The Balaban J connectivity index is 1.56. The molecule has 1 aliphatic rings. The number of carbonyl (C=O) groups is 2. The highest BCUT2D eigenvalue weighted by Gasteiger charge is 2.25. The monoisotopic (exact) mass is 367 g/mol. The molecule has 2 aromatic carbocycles. The van der Waals surface area contributed by atoms with Crippen molar-refractivity contribution in [1.82, 2.24) is 10.2 Å². The largest absolute Gasteiger partial charge is 0.482 e. The summed E-state index contributed by atoms with van der Waals surface area (Å²) in [5.41, 5.74) is 1.87. The summed E-state index contributed by atoms with van der Waals surface area (Å²) in [4.78, 5) is 28.2. The SMILES string of the molecule is CN(C)[C@@H](CNC(=O)CCN1C(=O)COc2ccccc21)c1ccccc1. The fourth-order valence-corrected chi connectivity index (χ4v) is 3.19. The van der Waals surface area contributed by atoms with Crippen molar-refractivity contribution < 1.29 is 14.3 Å². The third kappa shape index (κ3) is 4.65. The lowest BCUT2D eigenvalue weighted by Gasteiger charge is -2.29. The Labute approximate surface area is 159 Å². The number of ether oxygens (including phenoxy) is 1. The summed E-state index contributed by atoms with van der Waals surface area (Å²) in [7, 11) is 3.99. The molecule has 0 saturated carbocycles. The second-order valence-electron chi connectivity index (χ2n) is 6.75. The highest BCUT2D eigenvalue weighted by Crippen LogP contribution is 2.31. The molecule has 3 rings (SSSR count). The quantitative estimate of drug-likeness (QED) is 0.815. The van der Waals surface area contributed by atoms with E-state index in [-0.39, 0.29) is 30.9 Å². The number of nitrogens with zero attached hydrogens (tertiary/aromatic N) is 2. The molecule has 2 aromatic rings. The van der Waals surface area contributed by atoms with Crippen LogP contribution in [0.4, 0.5) is 5.69 Å². The first-order valence-electron chi connectivity index (χ1n) is 9.06. The predicted molar refractivity (Wildman–Crippen MR) is 105 cm³/mol. The first-order chi connectivity index (χ1) is 13.1. The lowest BCUT2D eigenvalue weighted by atomic mass is 10.1. The number of benzene rings is 2. The molecule has 0 fully saturated rings. The molecule has 0 unspecified atom stereocenters. The van der Waals surface area contributed by atoms with Crippen molar-refractivity contribution in [1.29, 1.82) is 0 Å². The molecule has 1 N–H and O–H groups in total. The van der Waals surface area contributed by atoms with Crippen LogP contribution in [-0.4, -0.2) is 50.5 Å². The Morgan fingerprint density at radius 3 is 2.59 bits per heavy atom. The Morgan fingerprint density at radius 2 is 1.85 bits per heavy atom. The zero-order valence-electron chi connectivity index (χ0n) is 15.7. The number of para-hydroxylation sites is 2. The lowest BCUT2D eigenvalue weighted by molar-refractivity contribution is -0.122. The summed E-state index contributed by atoms with van der Waals surface area (Å²) < 4.78 is 5.43. The van der Waals surface area contributed by atoms with Crippen molar-refractivity contribution in [2.24, 2.45) is 0 Å². The summed E-state index contributed by atoms with van der Waals surface area (Å²) in [6, 6.07) is 17.6. The van der Waals surface area contributed by atoms with Crippen molar-refractivity contribution in [3.8, 4) is 5.75 Å². The average molecular weight is 367 g/mol. The van der Waals surface area contributed by atoms with E-state index in [9.17, 15) is 9.59 Å². The van der Waals surface area contributed by atoms with Crippen LogP contribution in [0.15, 0.2) is 54.6 Å². The summed E-state index contributed by atoms with van der Waals surface area (Å²) in [5, 5.41) is 2.99. The molecule has 0 aromatic heterocycles. The zero-order chi connectivity index (χ0) is 19.2. The molecule has 0 spiro atoms. The van der Waals surface area contributed by atoms with Gasteiger partial charge in [0.1, 0.15) is 5.75 Å². The average Bonchev–Trinajstić information content (AvgIpc) is 2.68. The Hall–Kier alpha value is -2.86. The van der Waals surface area contributed by atoms with Crippen LogP contribution in [0.1, 0.15) is 18.0 Å². The molecule has 142 valence electrons. The van der Waals surface area contributed by atoms with E-state index in [1.807, 2.05) is 56.6 Å². The first-order valence-corrected chi connectivity index (χ1v) is 9.06. The van der Waals surface area contributed by atoms with Gasteiger partial charge in [-0.25, -0.2) is 0 Å². The van der Waals surface area contributed by atoms with E-state index >= 15 is 0 Å². The van der Waals surface area contributed by atoms with Crippen LogP contribution in [0.3, 0.4) is 0 Å². The minimum atomic E-state index is -0.128. The van der Waals surface area contributed by atoms with Gasteiger partial charge in [-0.1, -0.05) is 42.5 Å². The topological polar surface area (TPSA) is 61.9 Å². The smallest absolute Gasteiger partial charge is 0.265 e. The minimum absolute atomic E-state index is 0.00927. The molecule has 6 heteroatoms. The Kier molecular flexibility index (Phi) is 6.08. The van der Waals surface area contributed by atoms with Gasteiger partial charge in [0.15, 0.2) is 6.61 Å². The van der Waals surface area contributed by atoms with Crippen LogP contribution >= 0.6 is 0 Å². The first kappa shape index (κ1) is 18.9. The van der Waals surface area contributed by atoms with Crippen molar-refractivity contribution in [3.05, 3.63) is 60.2 Å². The molecule has 0 radical (unpaired) electrons. The predicted octanol–water partition coefficient (Wildman–Crippen LogP) is 2.22. The molecule has 0 saturated heterocycles. The van der Waals surface area contributed by atoms with E-state index in [1.54, 1.807) is 4.90 Å². The van der Waals surface area contributed by atoms with Gasteiger partial charge in [0.05, 0.1) is 11.7 Å². The van der Waals surface area contributed by atoms with E-state index in [0.29, 0.717) is 18.8 Å². The van der Waals surface area contributed by atoms with Crippen molar-refractivity contribution in [2.75, 3.05) is 38.7 Å². The van der Waals surface area contributed by atoms with Gasteiger partial charge in [-0.3, -0.25) is 9.59 Å². The van der Waals surface area contributed by atoms with Gasteiger partial charge in [-0.2, -0.15) is 0 Å². The molecule has 27 heavy (non-hydrogen) atoms. The van der Waals surface area contributed by atoms with Gasteiger partial charge in [0, 0.05) is 19.5 Å². The maximum absolute atomic E-state index is 12.4. The Bertz CT molecular complexity index is 792. The van der Waals surface area contributed by atoms with Crippen LogP contribution in [-0.2, 0) is 9.59 Å². The van der Waals surface area contributed by atoms with Crippen molar-refractivity contribution in [2.45, 2.75) is 12.5 Å². The molecule has 1 heterocycles. The van der Waals surface area contributed by atoms with E-state index in [0.717, 1.165) is 11.3 Å². The van der Waals surface area contributed by atoms with Gasteiger partial charge in [-0.15, -0.1) is 0 Å². The number of hydrogen-bond acceptors (Lipinski definition) is 4. The highest BCUT2D eigenvalue weighted by atomic mass is 16.5. The minimum Gasteiger partial charge on any atom is -0.482 e. The zero-order valence-corrected chi connectivity index (χ0v) is 15.7. The number of fused-ring (bicyclic) bond motifs is 1. The van der Waals surface area contributed by atoms with Gasteiger partial charge in [0.2, 0.25) is 5.91 Å². The number of likely N-dealkylation sites (N-methyl/N-ethyl adjacent to an activating group) is 1. The molecule has 6 nitrogen and oxygen atoms in total. The number of carbonyl (C=O) groups excluding carboxylic acids is 2. The molecule has 1 atom stereocenters. The van der Waals surface area contributed by atoms with E-state index in [1.165, 1.54) is 0 Å². The molecule has 2 amide bonds. The van der Waals surface area contributed by atoms with Crippen LogP contribution in [0, 0.1) is 0 Å². The molecule has 0 bridgehead atoms. The third-order valence-corrected chi connectivity index (χ3v) is 4.67. The molecule has 1 aliphatic heterocycles. The number of rotatable bonds is 7. The standard InChI is InChI=1S/C21H25N3O3/c1-23(2)18(16-8-4-3-5-9-16)14-22-20(25)12-13-24-17-10-6-7-11-19(17)27-15-21(24)26/h3-11,18H,12-15H2,1-2H3,(H,22,25)/t18-/m0/s1. The number of hydrogen-bond donors (Lipinski definition) is 1. The maximum atomic E-state index is 12.4. The van der Waals surface area contributed by atoms with Crippen LogP contribution in [0.25, 0.3) is 0 Å². The number of nitrogens with one attached hydrogen (secondary N) is 1. The fourth-order valence-electron chi connectivity index (χ4n) is 3.19. The number of anilines is 1. The third-order valence-electron chi connectivity index (χ3n) is 4.67. The Morgan fingerprint density at radius 1 is 1.15 bits per heavy atom. The fraction of sp³-hybridized carbons (Fsp3) is 0.333. The summed E-state index contributed by atoms with van der Waals surface area (Å²) >= 11 is 0. The molecular formula is C21H25N3O3. The molecular weight excluding hydrogens is 342 g/mol. The maximum Gasteiger partial charge on any atom is 0.265 e. The van der Waals surface area contributed by atoms with Crippen molar-refractivity contribution in [3.63, 3.8) is 0 Å². The van der Waals surface area contributed by atoms with Crippen LogP contribution in [0.5, 0.6) is 5.75 Å². The summed E-state index contributed by atoms with van der Waals surface area (Å²) in [5.74, 6) is 0.473. The highest BCUT2D eigenvalue weighted by molar-refractivity contribution is 5.98. The second kappa shape index (κ2) is 8.68. The lowest BCUT2D eigenvalue weighted by Crippen LogP contribution is -2.41. The van der Waals surface area contributed by atoms with E-state index < -0.39 is 0 Å². The van der Waals surface area contributed by atoms with Crippen molar-refractivity contribution >= 4 is 17.5 Å². The summed E-state index contributed by atoms with van der Waals surface area (Å²) in [6.07, 6.45) is 0.245. The molecule has 0 aliphatic carbocycles. The van der Waals surface area contributed by atoms with Crippen LogP contribution in [0.2, 0.25) is 0 Å². The van der Waals surface area contributed by atoms with E-state index in [2.05, 4.69) is 22.3 Å². The van der Waals surface area contributed by atoms with Gasteiger partial charge in [0.25, 0.3) is 5.91 Å². The van der Waals surface area contributed by atoms with Gasteiger partial charge < -0.3 is 19.9 Å². The second-order valence-corrected chi connectivity index (χ2v) is 6.75. The summed E-state index contributed by atoms with van der Waals surface area (Å²) in [6.45, 7) is 0.863. The van der Waals surface area contributed by atoms with Crippen LogP contribution < -0.4 is 15.0 Å².